The summed E-state index contributed by atoms with van der Waals surface area (Å²) in [5.74, 6) is 0. The van der Waals surface area contributed by atoms with E-state index in [4.69, 9.17) is 4.74 Å². The zero-order valence-electron chi connectivity index (χ0n) is 12.1. The molecule has 1 saturated carbocycles. The van der Waals surface area contributed by atoms with E-state index in [1.807, 2.05) is 6.92 Å². The standard InChI is InChI=1S/C13H22N4O3S/c1-9(12-3-2-6-20-12)17-21(18,19)13-10(8-15-16-13)7-14-11-4-5-11/h8-9,11-12,14,17H,2-7H2,1H3,(H,15,16). The third-order valence-corrected chi connectivity index (χ3v) is 5.54. The molecule has 0 aromatic carbocycles. The van der Waals surface area contributed by atoms with Gasteiger partial charge in [0.15, 0.2) is 5.03 Å². The highest BCUT2D eigenvalue weighted by molar-refractivity contribution is 7.89. The second kappa shape index (κ2) is 6.04. The second-order valence-electron chi connectivity index (χ2n) is 5.84. The van der Waals surface area contributed by atoms with Crippen molar-refractivity contribution >= 4 is 10.0 Å². The van der Waals surface area contributed by atoms with Crippen LogP contribution in [0.3, 0.4) is 0 Å². The lowest BCUT2D eigenvalue weighted by molar-refractivity contribution is 0.0902. The molecule has 1 aliphatic heterocycles. The van der Waals surface area contributed by atoms with Crippen molar-refractivity contribution in [2.75, 3.05) is 6.61 Å². The van der Waals surface area contributed by atoms with E-state index in [-0.39, 0.29) is 17.2 Å². The van der Waals surface area contributed by atoms with Crippen molar-refractivity contribution in [3.8, 4) is 0 Å². The first-order valence-electron chi connectivity index (χ1n) is 7.46. The van der Waals surface area contributed by atoms with Crippen molar-refractivity contribution in [1.29, 1.82) is 0 Å². The van der Waals surface area contributed by atoms with Crippen molar-refractivity contribution in [3.63, 3.8) is 0 Å². The van der Waals surface area contributed by atoms with Crippen LogP contribution in [0.1, 0.15) is 38.2 Å². The van der Waals surface area contributed by atoms with E-state index in [9.17, 15) is 8.42 Å². The Balaban J connectivity index is 1.67. The van der Waals surface area contributed by atoms with Crippen LogP contribution < -0.4 is 10.0 Å². The van der Waals surface area contributed by atoms with E-state index < -0.39 is 10.0 Å². The van der Waals surface area contributed by atoms with Gasteiger partial charge in [0.05, 0.1) is 12.3 Å². The van der Waals surface area contributed by atoms with Gasteiger partial charge in [-0.05, 0) is 32.6 Å². The van der Waals surface area contributed by atoms with Gasteiger partial charge in [-0.3, -0.25) is 5.10 Å². The Labute approximate surface area is 124 Å². The maximum absolute atomic E-state index is 12.5. The molecule has 3 rings (SSSR count). The summed E-state index contributed by atoms with van der Waals surface area (Å²) in [6.45, 7) is 3.06. The predicted octanol–water partition coefficient (Wildman–Crippen LogP) is 0.508. The van der Waals surface area contributed by atoms with Crippen LogP contribution >= 0.6 is 0 Å². The Morgan fingerprint density at radius 1 is 1.48 bits per heavy atom. The lowest BCUT2D eigenvalue weighted by Gasteiger charge is -2.19. The molecular formula is C13H22N4O3S. The highest BCUT2D eigenvalue weighted by Gasteiger charge is 2.29. The summed E-state index contributed by atoms with van der Waals surface area (Å²) in [6.07, 6.45) is 5.72. The van der Waals surface area contributed by atoms with Crippen LogP contribution in [0.15, 0.2) is 11.2 Å². The van der Waals surface area contributed by atoms with Crippen molar-refractivity contribution < 1.29 is 13.2 Å². The van der Waals surface area contributed by atoms with E-state index in [2.05, 4.69) is 20.2 Å². The lowest BCUT2D eigenvalue weighted by Crippen LogP contribution is -2.41. The topological polar surface area (TPSA) is 96.1 Å². The first kappa shape index (κ1) is 15.0. The van der Waals surface area contributed by atoms with Gasteiger partial charge in [-0.2, -0.15) is 5.10 Å². The largest absolute Gasteiger partial charge is 0.377 e. The average molecular weight is 314 g/mol. The van der Waals surface area contributed by atoms with Gasteiger partial charge in [0.25, 0.3) is 10.0 Å². The summed E-state index contributed by atoms with van der Waals surface area (Å²) in [7, 11) is -3.60. The van der Waals surface area contributed by atoms with E-state index >= 15 is 0 Å². The summed E-state index contributed by atoms with van der Waals surface area (Å²) >= 11 is 0. The number of H-pyrrole nitrogens is 1. The molecule has 1 aromatic heterocycles. The SMILES string of the molecule is CC(NS(=O)(=O)c1[nH]ncc1CNC1CC1)C1CCCO1. The number of nitrogens with one attached hydrogen (secondary N) is 3. The summed E-state index contributed by atoms with van der Waals surface area (Å²) in [5.41, 5.74) is 0.675. The van der Waals surface area contributed by atoms with Gasteiger partial charge in [-0.1, -0.05) is 0 Å². The third-order valence-electron chi connectivity index (χ3n) is 3.97. The number of ether oxygens (including phenoxy) is 1. The number of rotatable bonds is 7. The molecule has 7 nitrogen and oxygen atoms in total. The van der Waals surface area contributed by atoms with Gasteiger partial charge in [0.2, 0.25) is 0 Å². The van der Waals surface area contributed by atoms with Crippen LogP contribution in [-0.4, -0.2) is 43.4 Å². The molecule has 1 aliphatic carbocycles. The first-order chi connectivity index (χ1) is 10.1. The molecular weight excluding hydrogens is 292 g/mol. The maximum Gasteiger partial charge on any atom is 0.258 e. The lowest BCUT2D eigenvalue weighted by atomic mass is 10.1. The number of aromatic amines is 1. The molecule has 3 N–H and O–H groups in total. The Morgan fingerprint density at radius 3 is 2.95 bits per heavy atom. The minimum Gasteiger partial charge on any atom is -0.377 e. The predicted molar refractivity (Wildman–Crippen MR) is 77.2 cm³/mol. The van der Waals surface area contributed by atoms with Gasteiger partial charge in [-0.25, -0.2) is 13.1 Å². The van der Waals surface area contributed by atoms with Gasteiger partial charge < -0.3 is 10.1 Å². The number of hydrogen-bond acceptors (Lipinski definition) is 5. The summed E-state index contributed by atoms with van der Waals surface area (Å²) in [6, 6.07) is 0.277. The molecule has 1 saturated heterocycles. The number of hydrogen-bond donors (Lipinski definition) is 3. The molecule has 0 bridgehead atoms. The summed E-state index contributed by atoms with van der Waals surface area (Å²) in [4.78, 5) is 0. The molecule has 2 aliphatic rings. The first-order valence-corrected chi connectivity index (χ1v) is 8.94. The fraction of sp³-hybridized carbons (Fsp3) is 0.769. The van der Waals surface area contributed by atoms with E-state index in [0.29, 0.717) is 24.8 Å². The number of aromatic nitrogens is 2. The molecule has 0 amide bonds. The van der Waals surface area contributed by atoms with Crippen molar-refractivity contribution in [2.45, 2.75) is 62.4 Å². The van der Waals surface area contributed by atoms with Crippen LogP contribution in [0.25, 0.3) is 0 Å². The fourth-order valence-electron chi connectivity index (χ4n) is 2.58. The number of nitrogens with zero attached hydrogens (tertiary/aromatic N) is 1. The molecule has 0 spiro atoms. The van der Waals surface area contributed by atoms with Crippen LogP contribution in [0.2, 0.25) is 0 Å². The summed E-state index contributed by atoms with van der Waals surface area (Å²) in [5, 5.41) is 9.94. The monoisotopic (exact) mass is 314 g/mol. The smallest absolute Gasteiger partial charge is 0.258 e. The molecule has 21 heavy (non-hydrogen) atoms. The molecule has 2 atom stereocenters. The molecule has 2 heterocycles. The van der Waals surface area contributed by atoms with Crippen LogP contribution in [-0.2, 0) is 21.3 Å². The average Bonchev–Trinajstić information content (AvgIpc) is 2.95. The normalized spacial score (nSPS) is 24.3. The van der Waals surface area contributed by atoms with Crippen molar-refractivity contribution in [3.05, 3.63) is 11.8 Å². The molecule has 1 aromatic rings. The number of sulfonamides is 1. The molecule has 2 unspecified atom stereocenters. The summed E-state index contributed by atoms with van der Waals surface area (Å²) < 4.78 is 33.2. The molecule has 0 radical (unpaired) electrons. The Kier molecular flexibility index (Phi) is 4.30. The molecule has 2 fully saturated rings. The maximum atomic E-state index is 12.5. The molecule has 8 heteroatoms. The minimum atomic E-state index is -3.60. The Morgan fingerprint density at radius 2 is 2.29 bits per heavy atom. The van der Waals surface area contributed by atoms with Gasteiger partial charge >= 0.3 is 0 Å². The highest BCUT2D eigenvalue weighted by atomic mass is 32.2. The Bertz CT molecular complexity index is 576. The van der Waals surface area contributed by atoms with Crippen LogP contribution in [0.4, 0.5) is 0 Å². The molecule has 118 valence electrons. The quantitative estimate of drug-likeness (QED) is 0.681. The van der Waals surface area contributed by atoms with Gasteiger partial charge in [0.1, 0.15) is 0 Å². The zero-order chi connectivity index (χ0) is 14.9. The minimum absolute atomic E-state index is 0.0456. The third kappa shape index (κ3) is 3.63. The van der Waals surface area contributed by atoms with Gasteiger partial charge in [-0.15, -0.1) is 0 Å². The Hall–Kier alpha value is -0.960. The van der Waals surface area contributed by atoms with Crippen LogP contribution in [0, 0.1) is 0 Å². The fourth-order valence-corrected chi connectivity index (χ4v) is 3.98. The van der Waals surface area contributed by atoms with Crippen molar-refractivity contribution in [2.24, 2.45) is 0 Å². The van der Waals surface area contributed by atoms with Crippen molar-refractivity contribution in [1.82, 2.24) is 20.2 Å². The van der Waals surface area contributed by atoms with E-state index in [1.165, 1.54) is 0 Å². The second-order valence-corrected chi connectivity index (χ2v) is 7.49. The highest BCUT2D eigenvalue weighted by Crippen LogP contribution is 2.21. The van der Waals surface area contributed by atoms with E-state index in [0.717, 1.165) is 25.7 Å². The van der Waals surface area contributed by atoms with Gasteiger partial charge in [0, 0.05) is 30.8 Å². The zero-order valence-corrected chi connectivity index (χ0v) is 12.9. The van der Waals surface area contributed by atoms with Crippen LogP contribution in [0.5, 0.6) is 0 Å². The van der Waals surface area contributed by atoms with E-state index in [1.54, 1.807) is 6.20 Å².